The van der Waals surface area contributed by atoms with Gasteiger partial charge in [0.15, 0.2) is 0 Å². The first-order valence-corrected chi connectivity index (χ1v) is 6.07. The molecular formula is C10H15Cl2N3O. The fourth-order valence-electron chi connectivity index (χ4n) is 1.23. The number of aryl methyl sites for hydroxylation is 1. The van der Waals surface area contributed by atoms with Gasteiger partial charge in [0.05, 0.1) is 17.3 Å². The van der Waals surface area contributed by atoms with Crippen LogP contribution in [-0.2, 0) is 7.05 Å². The molecule has 1 amide bonds. The summed E-state index contributed by atoms with van der Waals surface area (Å²) in [4.78, 5) is 11.9. The van der Waals surface area contributed by atoms with Gasteiger partial charge in [-0.3, -0.25) is 9.48 Å². The third kappa shape index (κ3) is 2.89. The van der Waals surface area contributed by atoms with Gasteiger partial charge in [0.1, 0.15) is 0 Å². The van der Waals surface area contributed by atoms with Crippen LogP contribution in [0.5, 0.6) is 0 Å². The van der Waals surface area contributed by atoms with Gasteiger partial charge in [-0.05, 0) is 6.42 Å². The summed E-state index contributed by atoms with van der Waals surface area (Å²) in [6, 6.07) is 0. The summed E-state index contributed by atoms with van der Waals surface area (Å²) in [5, 5.41) is 6.79. The first-order valence-electron chi connectivity index (χ1n) is 5.00. The molecule has 0 aliphatic carbocycles. The van der Waals surface area contributed by atoms with Crippen molar-refractivity contribution < 1.29 is 4.79 Å². The van der Waals surface area contributed by atoms with E-state index in [1.165, 1.54) is 6.20 Å². The molecule has 1 rings (SSSR count). The zero-order valence-corrected chi connectivity index (χ0v) is 10.8. The number of hydrogen-bond acceptors (Lipinski definition) is 2. The summed E-state index contributed by atoms with van der Waals surface area (Å²) in [5.74, 6) is 0.383. The van der Waals surface area contributed by atoms with Gasteiger partial charge < -0.3 is 5.32 Å². The van der Waals surface area contributed by atoms with Crippen LogP contribution in [0.4, 0.5) is 0 Å². The lowest BCUT2D eigenvalue weighted by Crippen LogP contribution is -2.51. The molecule has 0 spiro atoms. The van der Waals surface area contributed by atoms with E-state index < -0.39 is 5.54 Å². The van der Waals surface area contributed by atoms with Crippen LogP contribution >= 0.6 is 23.2 Å². The minimum Gasteiger partial charge on any atom is -0.344 e. The summed E-state index contributed by atoms with van der Waals surface area (Å²) in [7, 11) is 1.76. The summed E-state index contributed by atoms with van der Waals surface area (Å²) >= 11 is 11.7. The molecule has 1 N–H and O–H groups in total. The quantitative estimate of drug-likeness (QED) is 0.824. The molecule has 1 aromatic heterocycles. The Hall–Kier alpha value is -0.740. The molecule has 0 radical (unpaired) electrons. The highest BCUT2D eigenvalue weighted by Gasteiger charge is 2.28. The van der Waals surface area contributed by atoms with E-state index in [-0.39, 0.29) is 5.91 Å². The van der Waals surface area contributed by atoms with Crippen LogP contribution in [0.2, 0.25) is 0 Å². The van der Waals surface area contributed by atoms with Crippen LogP contribution in [0.15, 0.2) is 12.4 Å². The third-order valence-electron chi connectivity index (χ3n) is 2.53. The van der Waals surface area contributed by atoms with Crippen molar-refractivity contribution in [1.29, 1.82) is 0 Å². The summed E-state index contributed by atoms with van der Waals surface area (Å²) in [6.45, 7) is 1.94. The highest BCUT2D eigenvalue weighted by atomic mass is 35.5. The molecule has 0 aliphatic rings. The van der Waals surface area contributed by atoms with Gasteiger partial charge in [-0.25, -0.2) is 0 Å². The maximum Gasteiger partial charge on any atom is 0.254 e. The van der Waals surface area contributed by atoms with Crippen LogP contribution < -0.4 is 5.32 Å². The molecular weight excluding hydrogens is 249 g/mol. The summed E-state index contributed by atoms with van der Waals surface area (Å²) in [6.07, 6.45) is 3.85. The number of alkyl halides is 2. The predicted octanol–water partition coefficient (Wildman–Crippen LogP) is 1.78. The van der Waals surface area contributed by atoms with E-state index >= 15 is 0 Å². The van der Waals surface area contributed by atoms with Crippen LogP contribution in [0.25, 0.3) is 0 Å². The van der Waals surface area contributed by atoms with Gasteiger partial charge in [-0.2, -0.15) is 5.10 Å². The zero-order chi connectivity index (χ0) is 12.2. The SMILES string of the molecule is CCC(CCl)(CCl)NC(=O)c1cnn(C)c1. The van der Waals surface area contributed by atoms with Gasteiger partial charge in [-0.15, -0.1) is 23.2 Å². The third-order valence-corrected chi connectivity index (χ3v) is 3.56. The summed E-state index contributed by atoms with van der Waals surface area (Å²) < 4.78 is 1.57. The lowest BCUT2D eigenvalue weighted by molar-refractivity contribution is 0.0913. The van der Waals surface area contributed by atoms with Gasteiger partial charge in [0.25, 0.3) is 5.91 Å². The lowest BCUT2D eigenvalue weighted by Gasteiger charge is -2.29. The topological polar surface area (TPSA) is 46.9 Å². The number of hydrogen-bond donors (Lipinski definition) is 1. The molecule has 0 unspecified atom stereocenters. The Bertz CT molecular complexity index is 352. The lowest BCUT2D eigenvalue weighted by atomic mass is 10.0. The Morgan fingerprint density at radius 3 is 2.56 bits per heavy atom. The number of carbonyl (C=O) groups excluding carboxylic acids is 1. The standard InChI is InChI=1S/C10H15Cl2N3O/c1-3-10(6-11,7-12)14-9(16)8-4-13-15(2)5-8/h4-5H,3,6-7H2,1-2H3,(H,14,16). The van der Waals surface area contributed by atoms with E-state index in [9.17, 15) is 4.79 Å². The van der Waals surface area contributed by atoms with E-state index in [1.807, 2.05) is 6.92 Å². The molecule has 16 heavy (non-hydrogen) atoms. The smallest absolute Gasteiger partial charge is 0.254 e. The fraction of sp³-hybridized carbons (Fsp3) is 0.600. The minimum absolute atomic E-state index is 0.198. The number of halogens is 2. The van der Waals surface area contributed by atoms with Crippen molar-refractivity contribution >= 4 is 29.1 Å². The van der Waals surface area contributed by atoms with Crippen molar-refractivity contribution in [2.45, 2.75) is 18.9 Å². The molecule has 90 valence electrons. The Morgan fingerprint density at radius 1 is 1.56 bits per heavy atom. The Labute approximate surface area is 105 Å². The first-order chi connectivity index (χ1) is 7.56. The maximum absolute atomic E-state index is 11.9. The van der Waals surface area contributed by atoms with E-state index in [0.29, 0.717) is 23.7 Å². The Balaban J connectivity index is 2.76. The highest BCUT2D eigenvalue weighted by molar-refractivity contribution is 6.22. The average Bonchev–Trinajstić information content (AvgIpc) is 2.73. The molecule has 0 saturated carbocycles. The number of rotatable bonds is 5. The van der Waals surface area contributed by atoms with Gasteiger partial charge in [-0.1, -0.05) is 6.92 Å². The van der Waals surface area contributed by atoms with Crippen molar-refractivity contribution in [3.63, 3.8) is 0 Å². The molecule has 4 nitrogen and oxygen atoms in total. The molecule has 0 aromatic carbocycles. The minimum atomic E-state index is -0.546. The Kier molecular flexibility index (Phi) is 4.62. The van der Waals surface area contributed by atoms with Crippen molar-refractivity contribution in [3.05, 3.63) is 18.0 Å². The Morgan fingerprint density at radius 2 is 2.19 bits per heavy atom. The van der Waals surface area contributed by atoms with Crippen molar-refractivity contribution in [1.82, 2.24) is 15.1 Å². The second-order valence-corrected chi connectivity index (χ2v) is 4.29. The molecule has 0 atom stereocenters. The number of carbonyl (C=O) groups is 1. The molecule has 1 heterocycles. The fourth-order valence-corrected chi connectivity index (χ4v) is 2.03. The molecule has 0 fully saturated rings. The highest BCUT2D eigenvalue weighted by Crippen LogP contribution is 2.15. The van der Waals surface area contributed by atoms with Crippen LogP contribution in [-0.4, -0.2) is 33.0 Å². The monoisotopic (exact) mass is 263 g/mol. The van der Waals surface area contributed by atoms with E-state index in [2.05, 4.69) is 10.4 Å². The van der Waals surface area contributed by atoms with Crippen LogP contribution in [0.3, 0.4) is 0 Å². The normalized spacial score (nSPS) is 11.5. The number of aromatic nitrogens is 2. The first kappa shape index (κ1) is 13.3. The number of amides is 1. The van der Waals surface area contributed by atoms with Gasteiger partial charge in [0, 0.05) is 25.0 Å². The van der Waals surface area contributed by atoms with Crippen molar-refractivity contribution in [2.24, 2.45) is 7.05 Å². The van der Waals surface area contributed by atoms with E-state index in [4.69, 9.17) is 23.2 Å². The van der Waals surface area contributed by atoms with Gasteiger partial charge >= 0.3 is 0 Å². The molecule has 0 bridgehead atoms. The molecule has 0 saturated heterocycles. The average molecular weight is 264 g/mol. The zero-order valence-electron chi connectivity index (χ0n) is 9.33. The molecule has 6 heteroatoms. The van der Waals surface area contributed by atoms with E-state index in [1.54, 1.807) is 17.9 Å². The van der Waals surface area contributed by atoms with E-state index in [0.717, 1.165) is 0 Å². The molecule has 0 aliphatic heterocycles. The predicted molar refractivity (Wildman–Crippen MR) is 65.1 cm³/mol. The number of nitrogens with one attached hydrogen (secondary N) is 1. The summed E-state index contributed by atoms with van der Waals surface area (Å²) in [5.41, 5.74) is -0.0358. The second-order valence-electron chi connectivity index (χ2n) is 3.76. The van der Waals surface area contributed by atoms with Crippen molar-refractivity contribution in [2.75, 3.05) is 11.8 Å². The maximum atomic E-state index is 11.9. The van der Waals surface area contributed by atoms with Crippen LogP contribution in [0.1, 0.15) is 23.7 Å². The number of nitrogens with zero attached hydrogens (tertiary/aromatic N) is 2. The van der Waals surface area contributed by atoms with Gasteiger partial charge in [0.2, 0.25) is 0 Å². The van der Waals surface area contributed by atoms with Crippen molar-refractivity contribution in [3.8, 4) is 0 Å². The van der Waals surface area contributed by atoms with Crippen LogP contribution in [0, 0.1) is 0 Å². The second kappa shape index (κ2) is 5.55. The largest absolute Gasteiger partial charge is 0.344 e. The molecule has 1 aromatic rings.